The van der Waals surface area contributed by atoms with Gasteiger partial charge in [0.2, 0.25) is 0 Å². The lowest BCUT2D eigenvalue weighted by atomic mass is 10.1. The second-order valence-electron chi connectivity index (χ2n) is 8.67. The van der Waals surface area contributed by atoms with Crippen LogP contribution in [0, 0.1) is 18.3 Å². The Bertz CT molecular complexity index is 1870. The van der Waals surface area contributed by atoms with E-state index in [1.165, 1.54) is 42.5 Å². The molecule has 200 valence electrons. The van der Waals surface area contributed by atoms with Gasteiger partial charge in [0.05, 0.1) is 28.0 Å². The van der Waals surface area contributed by atoms with Gasteiger partial charge in [-0.3, -0.25) is 5.32 Å². The van der Waals surface area contributed by atoms with Crippen molar-refractivity contribution in [3.63, 3.8) is 0 Å². The Morgan fingerprint density at radius 3 is 2.55 bits per heavy atom. The number of fused-ring (bicyclic) bond motifs is 1. The fraction of sp³-hybridized carbons (Fsp3) is 0.107. The Hall–Kier alpha value is -4.73. The van der Waals surface area contributed by atoms with Crippen molar-refractivity contribution in [1.82, 2.24) is 18.9 Å². The molecular weight excluding hydrogens is 548 g/mol. The van der Waals surface area contributed by atoms with E-state index in [-0.39, 0.29) is 34.1 Å². The monoisotopic (exact) mass is 570 g/mol. The second-order valence-corrected chi connectivity index (χ2v) is 11.3. The van der Waals surface area contributed by atoms with Crippen molar-refractivity contribution >= 4 is 44.6 Å². The number of hydrogen-bond donors (Lipinski definition) is 1. The van der Waals surface area contributed by atoms with Crippen LogP contribution in [0.15, 0.2) is 89.3 Å². The number of thioether (sulfide) groups is 1. The maximum atomic E-state index is 13.7. The van der Waals surface area contributed by atoms with Crippen molar-refractivity contribution in [3.8, 4) is 17.3 Å². The summed E-state index contributed by atoms with van der Waals surface area (Å²) in [5.74, 6) is 0. The lowest BCUT2D eigenvalue weighted by Gasteiger charge is -2.09. The topological polar surface area (TPSA) is 140 Å². The molecule has 12 heteroatoms. The SMILES string of the molecule is CSc1ncc(C#N)c(-c2cn(S(=O)(=O)c3ccc(C)cc3)c3ncc(NC(=O)OCc4ccccc4)cc23)n1. The lowest BCUT2D eigenvalue weighted by molar-refractivity contribution is 0.155. The van der Waals surface area contributed by atoms with Crippen LogP contribution in [-0.2, 0) is 21.4 Å². The molecule has 0 radical (unpaired) electrons. The van der Waals surface area contributed by atoms with Crippen molar-refractivity contribution in [2.75, 3.05) is 11.6 Å². The minimum absolute atomic E-state index is 0.0721. The first-order valence-corrected chi connectivity index (χ1v) is 14.6. The van der Waals surface area contributed by atoms with E-state index in [9.17, 15) is 18.5 Å². The van der Waals surface area contributed by atoms with Gasteiger partial charge >= 0.3 is 6.09 Å². The zero-order chi connectivity index (χ0) is 28.3. The van der Waals surface area contributed by atoms with E-state index in [0.29, 0.717) is 16.1 Å². The van der Waals surface area contributed by atoms with E-state index < -0.39 is 16.1 Å². The zero-order valence-corrected chi connectivity index (χ0v) is 23.0. The first kappa shape index (κ1) is 26.9. The predicted molar refractivity (Wildman–Crippen MR) is 151 cm³/mol. The van der Waals surface area contributed by atoms with E-state index >= 15 is 0 Å². The molecule has 1 amide bonds. The highest BCUT2D eigenvalue weighted by Crippen LogP contribution is 2.34. The van der Waals surface area contributed by atoms with Crippen LogP contribution in [0.2, 0.25) is 0 Å². The molecule has 0 unspecified atom stereocenters. The van der Waals surface area contributed by atoms with Crippen molar-refractivity contribution < 1.29 is 17.9 Å². The van der Waals surface area contributed by atoms with Crippen molar-refractivity contribution in [3.05, 3.63) is 95.9 Å². The van der Waals surface area contributed by atoms with E-state index in [4.69, 9.17) is 4.74 Å². The Morgan fingerprint density at radius 2 is 1.85 bits per heavy atom. The summed E-state index contributed by atoms with van der Waals surface area (Å²) in [5.41, 5.74) is 2.86. The molecule has 5 aromatic rings. The van der Waals surface area contributed by atoms with Crippen molar-refractivity contribution in [2.24, 2.45) is 0 Å². The number of rotatable bonds is 7. The number of aromatic nitrogens is 4. The number of benzene rings is 2. The van der Waals surface area contributed by atoms with Crippen LogP contribution in [0.5, 0.6) is 0 Å². The van der Waals surface area contributed by atoms with Gasteiger partial charge in [0, 0.05) is 23.3 Å². The van der Waals surface area contributed by atoms with Gasteiger partial charge in [-0.05, 0) is 36.9 Å². The van der Waals surface area contributed by atoms with E-state index in [1.807, 2.05) is 37.3 Å². The third-order valence-corrected chi connectivity index (χ3v) is 8.20. The molecular formula is C28H22N6O4S2. The number of nitrogens with one attached hydrogen (secondary N) is 1. The first-order valence-electron chi connectivity index (χ1n) is 11.9. The molecule has 0 aliphatic heterocycles. The number of anilines is 1. The molecule has 1 N–H and O–H groups in total. The number of ether oxygens (including phenoxy) is 1. The smallest absolute Gasteiger partial charge is 0.412 e. The summed E-state index contributed by atoms with van der Waals surface area (Å²) < 4.78 is 33.8. The molecule has 0 aliphatic rings. The maximum absolute atomic E-state index is 13.7. The van der Waals surface area contributed by atoms with Gasteiger partial charge in [-0.1, -0.05) is 59.8 Å². The summed E-state index contributed by atoms with van der Waals surface area (Å²) in [6.45, 7) is 1.94. The number of pyridine rings is 1. The van der Waals surface area contributed by atoms with Gasteiger partial charge in [-0.25, -0.2) is 32.1 Å². The fourth-order valence-electron chi connectivity index (χ4n) is 3.97. The number of amides is 1. The highest BCUT2D eigenvalue weighted by Gasteiger charge is 2.25. The van der Waals surface area contributed by atoms with Crippen LogP contribution >= 0.6 is 11.8 Å². The summed E-state index contributed by atoms with van der Waals surface area (Å²) in [5, 5.41) is 13.2. The number of carbonyl (C=O) groups is 1. The van der Waals surface area contributed by atoms with Gasteiger partial charge in [0.25, 0.3) is 10.0 Å². The molecule has 0 fully saturated rings. The zero-order valence-electron chi connectivity index (χ0n) is 21.4. The van der Waals surface area contributed by atoms with Crippen LogP contribution in [0.25, 0.3) is 22.3 Å². The van der Waals surface area contributed by atoms with Crippen LogP contribution in [-0.4, -0.2) is 39.7 Å². The van der Waals surface area contributed by atoms with Crippen LogP contribution in [0.3, 0.4) is 0 Å². The third kappa shape index (κ3) is 5.38. The van der Waals surface area contributed by atoms with E-state index in [2.05, 4.69) is 26.3 Å². The van der Waals surface area contributed by atoms with Gasteiger partial charge < -0.3 is 4.74 Å². The fourth-order valence-corrected chi connectivity index (χ4v) is 5.64. The molecule has 3 aromatic heterocycles. The Balaban J connectivity index is 1.60. The van der Waals surface area contributed by atoms with Crippen LogP contribution in [0.4, 0.5) is 10.5 Å². The second kappa shape index (κ2) is 11.2. The standard InChI is InChI=1S/C28H22N6O4S2/c1-18-8-10-22(11-9-18)40(36,37)34-16-24(25-20(13-29)14-31-27(33-25)39-2)23-12-21(15-30-26(23)34)32-28(35)38-17-19-6-4-3-5-7-19/h3-12,14-16H,17H2,1-2H3,(H,32,35). The number of nitrogens with zero attached hydrogens (tertiary/aromatic N) is 5. The molecule has 40 heavy (non-hydrogen) atoms. The van der Waals surface area contributed by atoms with Gasteiger partial charge in [0.15, 0.2) is 10.8 Å². The minimum atomic E-state index is -4.07. The Morgan fingerprint density at radius 1 is 1.10 bits per heavy atom. The number of carbonyl (C=O) groups excluding carboxylic acids is 1. The average Bonchev–Trinajstić information content (AvgIpc) is 3.36. The molecule has 0 spiro atoms. The first-order chi connectivity index (χ1) is 19.3. The minimum Gasteiger partial charge on any atom is -0.444 e. The largest absolute Gasteiger partial charge is 0.444 e. The van der Waals surface area contributed by atoms with Gasteiger partial charge in [-0.2, -0.15) is 5.26 Å². The molecule has 0 bridgehead atoms. The van der Waals surface area contributed by atoms with Gasteiger partial charge in [0.1, 0.15) is 12.7 Å². The Kier molecular flexibility index (Phi) is 7.50. The molecule has 0 saturated carbocycles. The summed E-state index contributed by atoms with van der Waals surface area (Å²) >= 11 is 1.28. The lowest BCUT2D eigenvalue weighted by Crippen LogP contribution is -2.14. The van der Waals surface area contributed by atoms with Crippen molar-refractivity contribution in [2.45, 2.75) is 23.6 Å². The molecule has 0 atom stereocenters. The summed E-state index contributed by atoms with van der Waals surface area (Å²) in [4.78, 5) is 25.6. The molecule has 10 nitrogen and oxygen atoms in total. The number of nitriles is 1. The molecule has 3 heterocycles. The van der Waals surface area contributed by atoms with E-state index in [1.54, 1.807) is 24.5 Å². The highest BCUT2D eigenvalue weighted by molar-refractivity contribution is 7.98. The summed E-state index contributed by atoms with van der Waals surface area (Å²) in [6, 6.07) is 19.3. The number of hydrogen-bond acceptors (Lipinski definition) is 9. The highest BCUT2D eigenvalue weighted by atomic mass is 32.2. The van der Waals surface area contributed by atoms with Crippen molar-refractivity contribution in [1.29, 1.82) is 5.26 Å². The molecule has 0 saturated heterocycles. The normalized spacial score (nSPS) is 11.2. The quantitative estimate of drug-likeness (QED) is 0.202. The van der Waals surface area contributed by atoms with E-state index in [0.717, 1.165) is 15.1 Å². The molecule has 2 aromatic carbocycles. The summed E-state index contributed by atoms with van der Waals surface area (Å²) in [7, 11) is -4.07. The maximum Gasteiger partial charge on any atom is 0.412 e. The Labute approximate surface area is 234 Å². The molecule has 0 aliphatic carbocycles. The average molecular weight is 571 g/mol. The number of aryl methyl sites for hydroxylation is 1. The van der Waals surface area contributed by atoms with Gasteiger partial charge in [-0.15, -0.1) is 0 Å². The van der Waals surface area contributed by atoms with Crippen LogP contribution in [0.1, 0.15) is 16.7 Å². The molecule has 5 rings (SSSR count). The third-order valence-electron chi connectivity index (χ3n) is 5.97. The van der Waals surface area contributed by atoms with Crippen LogP contribution < -0.4 is 5.32 Å². The summed E-state index contributed by atoms with van der Waals surface area (Å²) in [6.07, 6.45) is 5.21. The predicted octanol–water partition coefficient (Wildman–Crippen LogP) is 5.38.